The van der Waals surface area contributed by atoms with E-state index in [1.54, 1.807) is 6.92 Å². The van der Waals surface area contributed by atoms with Crippen molar-refractivity contribution in [1.29, 1.82) is 5.26 Å². The van der Waals surface area contributed by atoms with Gasteiger partial charge >= 0.3 is 5.97 Å². The lowest BCUT2D eigenvalue weighted by molar-refractivity contribution is -0.113. The molecule has 1 N–H and O–H groups in total. The predicted molar refractivity (Wildman–Crippen MR) is 115 cm³/mol. The van der Waals surface area contributed by atoms with E-state index in [2.05, 4.69) is 16.4 Å². The van der Waals surface area contributed by atoms with Crippen molar-refractivity contribution in [1.82, 2.24) is 4.98 Å². The quantitative estimate of drug-likeness (QED) is 0.543. The second kappa shape index (κ2) is 8.97. The first kappa shape index (κ1) is 21.3. The van der Waals surface area contributed by atoms with E-state index in [9.17, 15) is 14.9 Å². The smallest absolute Gasteiger partial charge is 0.341 e. The zero-order valence-electron chi connectivity index (χ0n) is 17.0. The number of nitriles is 1. The van der Waals surface area contributed by atoms with Gasteiger partial charge in [-0.1, -0.05) is 11.8 Å². The number of thiophene rings is 1. The summed E-state index contributed by atoms with van der Waals surface area (Å²) in [5.74, 6) is -0.510. The summed E-state index contributed by atoms with van der Waals surface area (Å²) in [5, 5.41) is 13.5. The van der Waals surface area contributed by atoms with Crippen LogP contribution in [-0.2, 0) is 22.4 Å². The molecule has 2 aromatic rings. The monoisotopic (exact) mass is 429 g/mol. The van der Waals surface area contributed by atoms with Crippen molar-refractivity contribution in [3.8, 4) is 6.07 Å². The standard InChI is InChI=1S/C21H23N3O3S2/c1-5-27-21(26)18-14-7-6-8-16(14)29-20(18)24-17(25)10-28-19-15(9-22)12(3)11(2)13(4)23-19/h5-8,10H2,1-4H3,(H,24,25). The van der Waals surface area contributed by atoms with Crippen LogP contribution in [0, 0.1) is 32.1 Å². The number of hydrogen-bond donors (Lipinski definition) is 1. The number of nitrogens with zero attached hydrogens (tertiary/aromatic N) is 2. The van der Waals surface area contributed by atoms with Crippen LogP contribution in [0.2, 0.25) is 0 Å². The van der Waals surface area contributed by atoms with Gasteiger partial charge in [0.25, 0.3) is 0 Å². The Bertz CT molecular complexity index is 1020. The Kier molecular flexibility index (Phi) is 6.60. The molecule has 0 radical (unpaired) electrons. The first-order chi connectivity index (χ1) is 13.9. The van der Waals surface area contributed by atoms with Gasteiger partial charge in [-0.2, -0.15) is 5.26 Å². The number of aryl methyl sites for hydroxylation is 2. The minimum absolute atomic E-state index is 0.106. The van der Waals surface area contributed by atoms with E-state index < -0.39 is 0 Å². The van der Waals surface area contributed by atoms with Crippen LogP contribution in [0.4, 0.5) is 5.00 Å². The number of fused-ring (bicyclic) bond motifs is 1. The number of thioether (sulfide) groups is 1. The zero-order chi connectivity index (χ0) is 21.1. The molecule has 1 amide bonds. The molecule has 0 unspecified atom stereocenters. The third-order valence-corrected chi connectivity index (χ3v) is 7.25. The van der Waals surface area contributed by atoms with Gasteiger partial charge in [0.15, 0.2) is 0 Å². The lowest BCUT2D eigenvalue weighted by atomic mass is 10.1. The fourth-order valence-corrected chi connectivity index (χ4v) is 5.53. The Hall–Kier alpha value is -2.37. The molecule has 0 saturated heterocycles. The van der Waals surface area contributed by atoms with Crippen LogP contribution in [0.3, 0.4) is 0 Å². The molecule has 0 aromatic carbocycles. The van der Waals surface area contributed by atoms with E-state index in [0.29, 0.717) is 27.8 Å². The highest BCUT2D eigenvalue weighted by atomic mass is 32.2. The average molecular weight is 430 g/mol. The highest BCUT2D eigenvalue weighted by Crippen LogP contribution is 2.39. The van der Waals surface area contributed by atoms with Crippen LogP contribution >= 0.6 is 23.1 Å². The summed E-state index contributed by atoms with van der Waals surface area (Å²) in [5.41, 5.74) is 4.75. The molecule has 0 atom stereocenters. The number of amides is 1. The van der Waals surface area contributed by atoms with Gasteiger partial charge in [0.1, 0.15) is 16.1 Å². The molecule has 0 aliphatic heterocycles. The summed E-state index contributed by atoms with van der Waals surface area (Å²) in [6, 6.07) is 2.20. The molecule has 0 spiro atoms. The number of hydrogen-bond acceptors (Lipinski definition) is 7. The van der Waals surface area contributed by atoms with Gasteiger partial charge in [-0.05, 0) is 63.6 Å². The Morgan fingerprint density at radius 2 is 2.03 bits per heavy atom. The maximum absolute atomic E-state index is 12.6. The Morgan fingerprint density at radius 3 is 2.72 bits per heavy atom. The molecule has 152 valence electrons. The third-order valence-electron chi connectivity index (χ3n) is 5.07. The number of nitrogens with one attached hydrogen (secondary N) is 1. The molecule has 1 aliphatic rings. The van der Waals surface area contributed by atoms with E-state index in [1.807, 2.05) is 20.8 Å². The molecule has 0 bridgehead atoms. The van der Waals surface area contributed by atoms with Crippen molar-refractivity contribution in [2.75, 3.05) is 17.7 Å². The van der Waals surface area contributed by atoms with Crippen LogP contribution in [-0.4, -0.2) is 29.2 Å². The topological polar surface area (TPSA) is 92.1 Å². The van der Waals surface area contributed by atoms with E-state index in [1.165, 1.54) is 23.1 Å². The summed E-state index contributed by atoms with van der Waals surface area (Å²) in [6.45, 7) is 7.79. The molecule has 2 aromatic heterocycles. The molecular formula is C21H23N3O3S2. The molecule has 8 heteroatoms. The summed E-state index contributed by atoms with van der Waals surface area (Å²) in [6.07, 6.45) is 2.78. The average Bonchev–Trinajstić information content (AvgIpc) is 3.25. The normalized spacial score (nSPS) is 12.4. The van der Waals surface area contributed by atoms with E-state index in [-0.39, 0.29) is 17.6 Å². The van der Waals surface area contributed by atoms with Crippen molar-refractivity contribution in [3.05, 3.63) is 38.4 Å². The van der Waals surface area contributed by atoms with Gasteiger partial charge in [0.2, 0.25) is 5.91 Å². The Morgan fingerprint density at radius 1 is 1.28 bits per heavy atom. The SMILES string of the molecule is CCOC(=O)c1c(NC(=O)CSc2nc(C)c(C)c(C)c2C#N)sc2c1CCC2. The predicted octanol–water partition coefficient (Wildman–Crippen LogP) is 4.34. The molecule has 0 saturated carbocycles. The first-order valence-electron chi connectivity index (χ1n) is 9.49. The number of carbonyl (C=O) groups is 2. The van der Waals surface area contributed by atoms with Crippen LogP contribution in [0.1, 0.15) is 56.5 Å². The second-order valence-corrected chi connectivity index (χ2v) is 8.93. The van der Waals surface area contributed by atoms with Crippen LogP contribution < -0.4 is 5.32 Å². The van der Waals surface area contributed by atoms with Gasteiger partial charge in [0, 0.05) is 10.6 Å². The van der Waals surface area contributed by atoms with E-state index >= 15 is 0 Å². The molecule has 2 heterocycles. The highest BCUT2D eigenvalue weighted by Gasteiger charge is 2.28. The van der Waals surface area contributed by atoms with Crippen LogP contribution in [0.25, 0.3) is 0 Å². The van der Waals surface area contributed by atoms with E-state index in [4.69, 9.17) is 4.74 Å². The molecular weight excluding hydrogens is 406 g/mol. The minimum atomic E-state index is -0.381. The number of carbonyl (C=O) groups excluding carboxylic acids is 2. The van der Waals surface area contributed by atoms with Gasteiger partial charge in [0.05, 0.1) is 23.5 Å². The number of rotatable bonds is 6. The maximum atomic E-state index is 12.6. The van der Waals surface area contributed by atoms with Crippen LogP contribution in [0.5, 0.6) is 0 Å². The fourth-order valence-electron chi connectivity index (χ4n) is 3.36. The Labute approximate surface area is 178 Å². The first-order valence-corrected chi connectivity index (χ1v) is 11.3. The summed E-state index contributed by atoms with van der Waals surface area (Å²) < 4.78 is 5.20. The summed E-state index contributed by atoms with van der Waals surface area (Å²) >= 11 is 2.69. The Balaban J connectivity index is 1.76. The lowest BCUT2D eigenvalue weighted by Gasteiger charge is -2.11. The van der Waals surface area contributed by atoms with E-state index in [0.717, 1.165) is 46.5 Å². The zero-order valence-corrected chi connectivity index (χ0v) is 18.6. The minimum Gasteiger partial charge on any atom is -0.462 e. The summed E-state index contributed by atoms with van der Waals surface area (Å²) in [4.78, 5) is 30.6. The number of anilines is 1. The van der Waals surface area contributed by atoms with Gasteiger partial charge in [-0.25, -0.2) is 9.78 Å². The van der Waals surface area contributed by atoms with Crippen molar-refractivity contribution in [2.45, 2.75) is 52.0 Å². The number of ether oxygens (including phenoxy) is 1. The van der Waals surface area contributed by atoms with Gasteiger partial charge in [-0.15, -0.1) is 11.3 Å². The second-order valence-electron chi connectivity index (χ2n) is 6.86. The van der Waals surface area contributed by atoms with Crippen molar-refractivity contribution in [3.63, 3.8) is 0 Å². The molecule has 0 fully saturated rings. The number of aromatic nitrogens is 1. The highest BCUT2D eigenvalue weighted by molar-refractivity contribution is 8.00. The number of esters is 1. The van der Waals surface area contributed by atoms with Crippen molar-refractivity contribution in [2.24, 2.45) is 0 Å². The third kappa shape index (κ3) is 4.31. The number of pyridine rings is 1. The van der Waals surface area contributed by atoms with Crippen molar-refractivity contribution < 1.29 is 14.3 Å². The van der Waals surface area contributed by atoms with Gasteiger partial charge < -0.3 is 10.1 Å². The largest absolute Gasteiger partial charge is 0.462 e. The van der Waals surface area contributed by atoms with Crippen LogP contribution in [0.15, 0.2) is 5.03 Å². The summed E-state index contributed by atoms with van der Waals surface area (Å²) in [7, 11) is 0. The fraction of sp³-hybridized carbons (Fsp3) is 0.429. The molecule has 6 nitrogen and oxygen atoms in total. The maximum Gasteiger partial charge on any atom is 0.341 e. The van der Waals surface area contributed by atoms with Gasteiger partial charge in [-0.3, -0.25) is 4.79 Å². The molecule has 29 heavy (non-hydrogen) atoms. The van der Waals surface area contributed by atoms with Crippen molar-refractivity contribution >= 4 is 40.0 Å². The molecule has 3 rings (SSSR count). The lowest BCUT2D eigenvalue weighted by Crippen LogP contribution is -2.17. The molecule has 1 aliphatic carbocycles.